The predicted octanol–water partition coefficient (Wildman–Crippen LogP) is 10.9. The van der Waals surface area contributed by atoms with Crippen molar-refractivity contribution in [3.05, 3.63) is 180 Å². The Kier molecular flexibility index (Phi) is 11.3. The zero-order chi connectivity index (χ0) is 37.2. The van der Waals surface area contributed by atoms with Gasteiger partial charge in [-0.3, -0.25) is 0 Å². The standard InChI is InChI=1S/C39H27N6O6P3/c40-28-31-16-22-37(23-17-31)48-52-43-54(50-38-24-18-32(29-41)19-25-38,51-39-26-20-33(30-42)21-27-39)45(47-35-12-6-2-7-13-35)53(49-36-14-8-3-9-15-36)44(52)46-34-10-4-1-5-11-34/h1-27H. The fourth-order valence-electron chi connectivity index (χ4n) is 4.66. The Morgan fingerprint density at radius 2 is 0.833 bits per heavy atom. The van der Waals surface area contributed by atoms with E-state index in [1.165, 1.54) is 9.21 Å². The number of hydrogen-bond donors (Lipinski definition) is 0. The van der Waals surface area contributed by atoms with Gasteiger partial charge in [0.05, 0.1) is 34.9 Å². The van der Waals surface area contributed by atoms with Crippen LogP contribution in [0.1, 0.15) is 16.7 Å². The topological polar surface area (TPSA) is 146 Å². The van der Waals surface area contributed by atoms with E-state index in [0.717, 1.165) is 0 Å². The molecule has 6 aromatic rings. The lowest BCUT2D eigenvalue weighted by atomic mass is 10.2. The fraction of sp³-hybridized carbons (Fsp3) is 0. The summed E-state index contributed by atoms with van der Waals surface area (Å²) in [7, 11) is -8.54. The Morgan fingerprint density at radius 3 is 1.28 bits per heavy atom. The Labute approximate surface area is 314 Å². The molecular formula is C39H27N6O6P3. The van der Waals surface area contributed by atoms with E-state index in [2.05, 4.69) is 18.2 Å². The quantitative estimate of drug-likeness (QED) is 0.110. The molecule has 0 fully saturated rings. The predicted molar refractivity (Wildman–Crippen MR) is 203 cm³/mol. The third-order valence-corrected chi connectivity index (χ3v) is 14.1. The number of rotatable bonds is 12. The highest BCUT2D eigenvalue weighted by atomic mass is 31.3. The molecule has 2 atom stereocenters. The van der Waals surface area contributed by atoms with Crippen molar-refractivity contribution in [2.75, 3.05) is 0 Å². The Balaban J connectivity index is 1.48. The van der Waals surface area contributed by atoms with E-state index < -0.39 is 24.6 Å². The summed E-state index contributed by atoms with van der Waals surface area (Å²) < 4.78 is 35.3. The van der Waals surface area contributed by atoms with Gasteiger partial charge in [-0.1, -0.05) is 54.6 Å². The van der Waals surface area contributed by atoms with Gasteiger partial charge in [-0.15, -0.1) is 4.52 Å². The van der Waals surface area contributed by atoms with Crippen molar-refractivity contribution in [3.8, 4) is 52.7 Å². The minimum absolute atomic E-state index is 0.307. The maximum Gasteiger partial charge on any atom is 0.447 e. The molecule has 0 aliphatic carbocycles. The molecule has 264 valence electrons. The van der Waals surface area contributed by atoms with Crippen LogP contribution in [0.15, 0.2) is 168 Å². The number of hydrogen-bond acceptors (Lipinski definition) is 12. The van der Waals surface area contributed by atoms with Crippen LogP contribution in [0.25, 0.3) is 0 Å². The first-order valence-electron chi connectivity index (χ1n) is 16.1. The zero-order valence-corrected chi connectivity index (χ0v) is 30.7. The van der Waals surface area contributed by atoms with Gasteiger partial charge in [0, 0.05) is 9.21 Å². The highest BCUT2D eigenvalue weighted by Gasteiger charge is 2.58. The summed E-state index contributed by atoms with van der Waals surface area (Å²) in [5.74, 6) is 2.33. The molecule has 0 spiro atoms. The van der Waals surface area contributed by atoms with Gasteiger partial charge in [-0.2, -0.15) is 15.8 Å². The Morgan fingerprint density at radius 1 is 0.444 bits per heavy atom. The van der Waals surface area contributed by atoms with Crippen LogP contribution in [-0.4, -0.2) is 9.21 Å². The number of benzene rings is 6. The zero-order valence-electron chi connectivity index (χ0n) is 28.1. The molecule has 1 aliphatic rings. The summed E-state index contributed by atoms with van der Waals surface area (Å²) in [6.45, 7) is 0. The van der Waals surface area contributed by atoms with Gasteiger partial charge in [-0.25, -0.2) is 0 Å². The molecule has 0 amide bonds. The molecule has 0 N–H and O–H groups in total. The SMILES string of the molecule is N#Cc1ccc(OP2N=P(Oc3ccc(C#N)cc3)(Oc3ccc(C#N)cc3)N(Oc3ccccc3)P(Oc3ccccc3)N2Oc2ccccc2)cc1. The molecule has 0 aromatic heterocycles. The lowest BCUT2D eigenvalue weighted by Gasteiger charge is -2.43. The number of nitrogens with zero attached hydrogens (tertiary/aromatic N) is 6. The Hall–Kier alpha value is -6.40. The average molecular weight is 769 g/mol. The van der Waals surface area contributed by atoms with Crippen LogP contribution in [0.4, 0.5) is 0 Å². The third-order valence-electron chi connectivity index (χ3n) is 7.22. The summed E-state index contributed by atoms with van der Waals surface area (Å²) in [6.07, 6.45) is 0. The fourth-order valence-corrected chi connectivity index (χ4v) is 12.2. The van der Waals surface area contributed by atoms with Gasteiger partial charge >= 0.3 is 24.6 Å². The van der Waals surface area contributed by atoms with Crippen LogP contribution in [0, 0.1) is 34.0 Å². The van der Waals surface area contributed by atoms with E-state index in [1.54, 1.807) is 109 Å². The van der Waals surface area contributed by atoms with Crippen LogP contribution in [0.3, 0.4) is 0 Å². The van der Waals surface area contributed by atoms with Crippen LogP contribution in [-0.2, 0) is 0 Å². The smallest absolute Gasteiger partial charge is 0.440 e. The van der Waals surface area contributed by atoms with Crippen molar-refractivity contribution in [2.24, 2.45) is 4.52 Å². The van der Waals surface area contributed by atoms with Gasteiger partial charge in [0.2, 0.25) is 0 Å². The third kappa shape index (κ3) is 8.62. The van der Waals surface area contributed by atoms with E-state index >= 15 is 0 Å². The minimum Gasteiger partial charge on any atom is -0.440 e. The van der Waals surface area contributed by atoms with E-state index in [-0.39, 0.29) is 0 Å². The molecule has 1 heterocycles. The molecule has 54 heavy (non-hydrogen) atoms. The van der Waals surface area contributed by atoms with Gasteiger partial charge in [-0.05, 0) is 109 Å². The van der Waals surface area contributed by atoms with Crippen molar-refractivity contribution in [3.63, 3.8) is 0 Å². The van der Waals surface area contributed by atoms with E-state index in [9.17, 15) is 15.8 Å². The van der Waals surface area contributed by atoms with Crippen LogP contribution in [0.2, 0.25) is 0 Å². The minimum atomic E-state index is -4.00. The second-order valence-corrected chi connectivity index (χ2v) is 16.5. The van der Waals surface area contributed by atoms with Crippen molar-refractivity contribution < 1.29 is 27.8 Å². The van der Waals surface area contributed by atoms with Gasteiger partial charge in [0.25, 0.3) is 0 Å². The molecule has 0 bridgehead atoms. The maximum atomic E-state index is 9.53. The van der Waals surface area contributed by atoms with Gasteiger partial charge < -0.3 is 27.8 Å². The summed E-state index contributed by atoms with van der Waals surface area (Å²) in [6, 6.07) is 53.2. The average Bonchev–Trinajstić information content (AvgIpc) is 3.22. The number of para-hydroxylation sites is 3. The van der Waals surface area contributed by atoms with E-state index in [0.29, 0.717) is 51.2 Å². The summed E-state index contributed by atoms with van der Waals surface area (Å²) >= 11 is 0. The van der Waals surface area contributed by atoms with E-state index in [1.807, 2.05) is 54.6 Å². The highest BCUT2D eigenvalue weighted by molar-refractivity contribution is 7.78. The van der Waals surface area contributed by atoms with Crippen molar-refractivity contribution in [2.45, 2.75) is 0 Å². The number of nitriles is 3. The second-order valence-electron chi connectivity index (χ2n) is 11.0. The summed E-state index contributed by atoms with van der Waals surface area (Å²) in [5.41, 5.74) is 1.29. The van der Waals surface area contributed by atoms with Gasteiger partial charge in [0.15, 0.2) is 0 Å². The molecule has 2 unspecified atom stereocenters. The van der Waals surface area contributed by atoms with Crippen molar-refractivity contribution in [1.82, 2.24) is 9.21 Å². The molecule has 0 radical (unpaired) electrons. The van der Waals surface area contributed by atoms with Crippen LogP contribution < -0.4 is 27.8 Å². The van der Waals surface area contributed by atoms with Crippen LogP contribution in [0.5, 0.6) is 34.5 Å². The molecular weight excluding hydrogens is 741 g/mol. The largest absolute Gasteiger partial charge is 0.447 e. The van der Waals surface area contributed by atoms with Gasteiger partial charge in [0.1, 0.15) is 34.5 Å². The summed E-state index contributed by atoms with van der Waals surface area (Å²) in [4.78, 5) is 13.3. The monoisotopic (exact) mass is 768 g/mol. The Bertz CT molecular complexity index is 2290. The van der Waals surface area contributed by atoms with E-state index in [4.69, 9.17) is 32.3 Å². The highest BCUT2D eigenvalue weighted by Crippen LogP contribution is 2.77. The van der Waals surface area contributed by atoms with Crippen molar-refractivity contribution >= 4 is 24.6 Å². The first kappa shape index (κ1) is 36.0. The second kappa shape index (κ2) is 17.0. The maximum absolute atomic E-state index is 9.53. The van der Waals surface area contributed by atoms with Crippen molar-refractivity contribution in [1.29, 1.82) is 15.8 Å². The first-order chi connectivity index (χ1) is 26.5. The molecule has 15 heteroatoms. The summed E-state index contributed by atoms with van der Waals surface area (Å²) in [5, 5.41) is 28.5. The lowest BCUT2D eigenvalue weighted by molar-refractivity contribution is 0.0545. The molecule has 12 nitrogen and oxygen atoms in total. The first-order valence-corrected chi connectivity index (χ1v) is 20.0. The normalized spacial score (nSPS) is 16.2. The van der Waals surface area contributed by atoms with Crippen LogP contribution >= 0.6 is 24.6 Å². The molecule has 0 saturated carbocycles. The molecule has 7 rings (SSSR count). The molecule has 0 saturated heterocycles. The molecule has 1 aliphatic heterocycles. The lowest BCUT2D eigenvalue weighted by Crippen LogP contribution is -2.37. The molecule has 6 aromatic carbocycles.